The highest BCUT2D eigenvalue weighted by Gasteiger charge is 2.32. The third-order valence-corrected chi connectivity index (χ3v) is 6.15. The molecule has 0 fully saturated rings. The van der Waals surface area contributed by atoms with Gasteiger partial charge in [0.2, 0.25) is 5.96 Å². The van der Waals surface area contributed by atoms with Crippen molar-refractivity contribution in [2.24, 2.45) is 4.99 Å². The van der Waals surface area contributed by atoms with Crippen molar-refractivity contribution in [1.29, 1.82) is 10.5 Å². The minimum atomic E-state index is -4.57. The van der Waals surface area contributed by atoms with Gasteiger partial charge < -0.3 is 16.8 Å². The number of benzene rings is 1. The number of nitro groups is 1. The molecule has 0 bridgehead atoms. The van der Waals surface area contributed by atoms with Gasteiger partial charge in [0.25, 0.3) is 5.69 Å². The zero-order valence-corrected chi connectivity index (χ0v) is 19.1. The number of rotatable bonds is 4. The molecule has 6 N–H and O–H groups in total. The van der Waals surface area contributed by atoms with Gasteiger partial charge in [-0.3, -0.25) is 15.4 Å². The van der Waals surface area contributed by atoms with Crippen LogP contribution in [0.5, 0.6) is 0 Å². The molecule has 37 heavy (non-hydrogen) atoms. The van der Waals surface area contributed by atoms with Crippen LogP contribution in [0.25, 0.3) is 0 Å². The van der Waals surface area contributed by atoms with E-state index >= 15 is 0 Å². The lowest BCUT2D eigenvalue weighted by atomic mass is 9.95. The average molecular weight is 526 g/mol. The maximum absolute atomic E-state index is 12.8. The number of halogens is 3. The Balaban J connectivity index is 1.78. The van der Waals surface area contributed by atoms with Gasteiger partial charge in [-0.05, 0) is 23.8 Å². The first-order chi connectivity index (χ1) is 17.5. The summed E-state index contributed by atoms with van der Waals surface area (Å²) in [5.41, 5.74) is 11.0. The first kappa shape index (κ1) is 25.0. The molecule has 1 atom stereocenters. The van der Waals surface area contributed by atoms with Crippen LogP contribution in [0.3, 0.4) is 0 Å². The molecule has 0 aliphatic carbocycles. The van der Waals surface area contributed by atoms with Gasteiger partial charge in [0.15, 0.2) is 6.19 Å². The van der Waals surface area contributed by atoms with Gasteiger partial charge in [-0.15, -0.1) is 0 Å². The number of nitrogen functional groups attached to an aromatic ring is 2. The summed E-state index contributed by atoms with van der Waals surface area (Å²) < 4.78 is 38.4. The van der Waals surface area contributed by atoms with Crippen LogP contribution in [0.1, 0.15) is 28.3 Å². The molecule has 0 radical (unpaired) electrons. The predicted molar refractivity (Wildman–Crippen MR) is 126 cm³/mol. The molecule has 2 aromatic heterocycles. The van der Waals surface area contributed by atoms with Gasteiger partial charge in [-0.1, -0.05) is 17.8 Å². The van der Waals surface area contributed by atoms with Crippen molar-refractivity contribution in [2.75, 3.05) is 16.8 Å². The van der Waals surface area contributed by atoms with Crippen LogP contribution in [-0.4, -0.2) is 20.9 Å². The summed E-state index contributed by atoms with van der Waals surface area (Å²) in [6, 6.07) is 6.87. The SMILES string of the molecule is N#CNC1=NC(c2ccc(Sc3ccc(C(F)(F)F)cn3)c([N+](=O)[O-])c2)c2c(nc(N)c(C#N)c2N)N1. The Hall–Kier alpha value is -5.09. The van der Waals surface area contributed by atoms with Crippen molar-refractivity contribution in [3.63, 3.8) is 0 Å². The zero-order valence-electron chi connectivity index (χ0n) is 18.2. The number of aliphatic imine (C=N–C) groups is 1. The van der Waals surface area contributed by atoms with Gasteiger partial charge in [0, 0.05) is 17.8 Å². The third-order valence-electron chi connectivity index (χ3n) is 5.13. The molecule has 186 valence electrons. The van der Waals surface area contributed by atoms with Gasteiger partial charge in [0.1, 0.15) is 34.3 Å². The Kier molecular flexibility index (Phi) is 6.43. The largest absolute Gasteiger partial charge is 0.417 e. The molecule has 0 amide bonds. The van der Waals surface area contributed by atoms with E-state index in [0.29, 0.717) is 6.20 Å². The quantitative estimate of drug-likeness (QED) is 0.167. The third kappa shape index (κ3) is 4.86. The zero-order chi connectivity index (χ0) is 26.9. The first-order valence-electron chi connectivity index (χ1n) is 10.0. The van der Waals surface area contributed by atoms with E-state index in [9.17, 15) is 28.5 Å². The summed E-state index contributed by atoms with van der Waals surface area (Å²) in [6.07, 6.45) is -2.23. The number of alkyl halides is 3. The first-order valence-corrected chi connectivity index (χ1v) is 10.8. The Labute approximate surface area is 210 Å². The summed E-state index contributed by atoms with van der Waals surface area (Å²) in [4.78, 5) is 23.5. The number of nitro benzene ring substituents is 1. The molecule has 1 unspecified atom stereocenters. The minimum Gasteiger partial charge on any atom is -0.397 e. The van der Waals surface area contributed by atoms with Crippen LogP contribution in [-0.2, 0) is 6.18 Å². The maximum atomic E-state index is 12.8. The molecule has 1 aliphatic heterocycles. The molecule has 0 spiro atoms. The Morgan fingerprint density at radius 2 is 1.97 bits per heavy atom. The Morgan fingerprint density at radius 3 is 2.57 bits per heavy atom. The van der Waals surface area contributed by atoms with E-state index in [1.807, 2.05) is 6.07 Å². The lowest BCUT2D eigenvalue weighted by molar-refractivity contribution is -0.387. The molecule has 0 saturated heterocycles. The van der Waals surface area contributed by atoms with E-state index in [1.54, 1.807) is 6.19 Å². The van der Waals surface area contributed by atoms with Gasteiger partial charge in [0.05, 0.1) is 21.1 Å². The second-order valence-corrected chi connectivity index (χ2v) is 8.43. The predicted octanol–water partition coefficient (Wildman–Crippen LogP) is 3.53. The molecule has 1 aliphatic rings. The van der Waals surface area contributed by atoms with E-state index in [-0.39, 0.29) is 55.6 Å². The lowest BCUT2D eigenvalue weighted by Crippen LogP contribution is -2.32. The van der Waals surface area contributed by atoms with Gasteiger partial charge >= 0.3 is 6.18 Å². The summed E-state index contributed by atoms with van der Waals surface area (Å²) in [5, 5.41) is 35.5. The van der Waals surface area contributed by atoms with Crippen molar-refractivity contribution < 1.29 is 18.1 Å². The number of nitrogens with two attached hydrogens (primary N) is 2. The summed E-state index contributed by atoms with van der Waals surface area (Å²) in [5.74, 6) is -0.0992. The average Bonchev–Trinajstić information content (AvgIpc) is 2.84. The Morgan fingerprint density at radius 1 is 1.22 bits per heavy atom. The van der Waals surface area contributed by atoms with E-state index in [1.165, 1.54) is 18.2 Å². The molecule has 0 saturated carbocycles. The fourth-order valence-corrected chi connectivity index (χ4v) is 4.32. The van der Waals surface area contributed by atoms with Crippen LogP contribution in [0.15, 0.2) is 51.4 Å². The normalized spacial score (nSPS) is 14.4. The van der Waals surface area contributed by atoms with Crippen LogP contribution in [0.2, 0.25) is 0 Å². The Bertz CT molecular complexity index is 1530. The number of hydrogen-bond donors (Lipinski definition) is 4. The second kappa shape index (κ2) is 9.51. The number of aromatic nitrogens is 2. The number of nitrogens with zero attached hydrogens (tertiary/aromatic N) is 6. The standard InChI is InChI=1S/C21H13F3N10O2S/c22-21(23,24)10-2-4-14(29-7-10)37-13-3-1-9(5-12(13)34(35)36)17-15-16(27)11(6-25)18(28)32-19(15)33-20(31-17)30-8-26/h1-5,7,17H,(H6,27,28,30,31,32,33). The highest BCUT2D eigenvalue weighted by molar-refractivity contribution is 7.99. The molecule has 4 rings (SSSR count). The van der Waals surface area contributed by atoms with Crippen molar-refractivity contribution in [1.82, 2.24) is 15.3 Å². The summed E-state index contributed by atoms with van der Waals surface area (Å²) >= 11 is 0.802. The van der Waals surface area contributed by atoms with Gasteiger partial charge in [-0.2, -0.15) is 23.7 Å². The number of nitrogens with one attached hydrogen (secondary N) is 2. The highest BCUT2D eigenvalue weighted by Crippen LogP contribution is 2.43. The van der Waals surface area contributed by atoms with Gasteiger partial charge in [-0.25, -0.2) is 15.0 Å². The van der Waals surface area contributed by atoms with Crippen LogP contribution in [0, 0.1) is 32.9 Å². The van der Waals surface area contributed by atoms with E-state index in [4.69, 9.17) is 16.7 Å². The highest BCUT2D eigenvalue weighted by atomic mass is 32.2. The lowest BCUT2D eigenvalue weighted by Gasteiger charge is -2.26. The van der Waals surface area contributed by atoms with Crippen molar-refractivity contribution >= 4 is 40.7 Å². The number of pyridine rings is 2. The van der Waals surface area contributed by atoms with Crippen LogP contribution in [0.4, 0.5) is 36.2 Å². The minimum absolute atomic E-state index is 0.0360. The molecule has 12 nitrogen and oxygen atoms in total. The molecular weight excluding hydrogens is 513 g/mol. The monoisotopic (exact) mass is 526 g/mol. The topological polar surface area (TPSA) is 205 Å². The fourth-order valence-electron chi connectivity index (χ4n) is 3.48. The number of hydrogen-bond acceptors (Lipinski definition) is 12. The van der Waals surface area contributed by atoms with Crippen LogP contribution >= 0.6 is 11.8 Å². The summed E-state index contributed by atoms with van der Waals surface area (Å²) in [6.45, 7) is 0. The molecule has 1 aromatic carbocycles. The maximum Gasteiger partial charge on any atom is 0.417 e. The molecular formula is C21H13F3N10O2S. The fraction of sp³-hybridized carbons (Fsp3) is 0.0952. The van der Waals surface area contributed by atoms with Crippen molar-refractivity contribution in [2.45, 2.75) is 22.1 Å². The van der Waals surface area contributed by atoms with Crippen molar-refractivity contribution in [3.8, 4) is 12.3 Å². The van der Waals surface area contributed by atoms with E-state index in [2.05, 4.69) is 25.6 Å². The smallest absolute Gasteiger partial charge is 0.397 e. The molecule has 16 heteroatoms. The molecule has 3 heterocycles. The number of anilines is 3. The van der Waals surface area contributed by atoms with Crippen LogP contribution < -0.4 is 22.1 Å². The second-order valence-electron chi connectivity index (χ2n) is 7.37. The molecule has 3 aromatic rings. The summed E-state index contributed by atoms with van der Waals surface area (Å²) in [7, 11) is 0. The number of guanidine groups is 1. The van der Waals surface area contributed by atoms with Crippen molar-refractivity contribution in [3.05, 3.63) is 68.9 Å². The van der Waals surface area contributed by atoms with E-state index < -0.39 is 22.7 Å². The number of fused-ring (bicyclic) bond motifs is 1. The number of nitriles is 2. The van der Waals surface area contributed by atoms with E-state index in [0.717, 1.165) is 23.9 Å².